The summed E-state index contributed by atoms with van der Waals surface area (Å²) >= 11 is 1.94. The van der Waals surface area contributed by atoms with Crippen LogP contribution in [0.15, 0.2) is 0 Å². The summed E-state index contributed by atoms with van der Waals surface area (Å²) in [5.41, 5.74) is 0.238. The molecule has 1 rings (SSSR count). The molecule has 0 unspecified atom stereocenters. The van der Waals surface area contributed by atoms with Crippen LogP contribution >= 0.6 is 11.8 Å². The molecule has 0 N–H and O–H groups in total. The van der Waals surface area contributed by atoms with Gasteiger partial charge in [-0.15, -0.1) is 0 Å². The van der Waals surface area contributed by atoms with Gasteiger partial charge in [0, 0.05) is 5.75 Å². The van der Waals surface area contributed by atoms with Crippen molar-refractivity contribution in [3.05, 3.63) is 0 Å². The lowest BCUT2D eigenvalue weighted by atomic mass is 9.86. The average molecular weight is 232 g/mol. The van der Waals surface area contributed by atoms with Crippen LogP contribution in [0.1, 0.15) is 32.1 Å². The molecule has 84 valence electrons. The van der Waals surface area contributed by atoms with E-state index in [0.29, 0.717) is 0 Å². The van der Waals surface area contributed by atoms with E-state index < -0.39 is 8.32 Å². The van der Waals surface area contributed by atoms with Crippen LogP contribution in [0.5, 0.6) is 0 Å². The van der Waals surface area contributed by atoms with E-state index in [4.69, 9.17) is 4.43 Å². The zero-order chi connectivity index (χ0) is 10.7. The van der Waals surface area contributed by atoms with E-state index >= 15 is 0 Å². The van der Waals surface area contributed by atoms with Crippen molar-refractivity contribution < 1.29 is 4.43 Å². The number of thioether (sulfide) groups is 1. The summed E-state index contributed by atoms with van der Waals surface area (Å²) in [5, 5.41) is 0. The van der Waals surface area contributed by atoms with Crippen molar-refractivity contribution in [3.63, 3.8) is 0 Å². The van der Waals surface area contributed by atoms with Crippen LogP contribution in [0.25, 0.3) is 0 Å². The lowest BCUT2D eigenvalue weighted by Gasteiger charge is -2.41. The fraction of sp³-hybridized carbons (Fsp3) is 1.00. The Labute approximate surface area is 94.1 Å². The Hall–Kier alpha value is 0.527. The molecule has 0 atom stereocenters. The highest BCUT2D eigenvalue weighted by molar-refractivity contribution is 7.98. The quantitative estimate of drug-likeness (QED) is 0.680. The first-order valence-electron chi connectivity index (χ1n) is 5.67. The summed E-state index contributed by atoms with van der Waals surface area (Å²) in [7, 11) is -1.37. The standard InChI is InChI=1S/C11H24OSSi/c1-13-10-11(12-14(2,3)4)8-6-5-7-9-11/h5-10H2,1-4H3. The lowest BCUT2D eigenvalue weighted by molar-refractivity contribution is 0.0460. The molecule has 3 heteroatoms. The molecular formula is C11H24OSSi. The Morgan fingerprint density at radius 1 is 1.14 bits per heavy atom. The summed E-state index contributed by atoms with van der Waals surface area (Å²) in [5.74, 6) is 1.19. The van der Waals surface area contributed by atoms with E-state index in [1.807, 2.05) is 11.8 Å². The van der Waals surface area contributed by atoms with Crippen LogP contribution in [-0.4, -0.2) is 25.9 Å². The largest absolute Gasteiger partial charge is 0.411 e. The molecule has 1 saturated carbocycles. The van der Waals surface area contributed by atoms with E-state index in [0.717, 1.165) is 0 Å². The highest BCUT2D eigenvalue weighted by atomic mass is 32.2. The molecule has 1 aliphatic carbocycles. The van der Waals surface area contributed by atoms with Gasteiger partial charge >= 0.3 is 0 Å². The summed E-state index contributed by atoms with van der Waals surface area (Å²) in [6.45, 7) is 6.93. The Morgan fingerprint density at radius 2 is 1.71 bits per heavy atom. The van der Waals surface area contributed by atoms with Crippen LogP contribution in [-0.2, 0) is 4.43 Å². The van der Waals surface area contributed by atoms with Crippen molar-refractivity contribution in [3.8, 4) is 0 Å². The predicted octanol–water partition coefficient (Wildman–Crippen LogP) is 3.90. The van der Waals surface area contributed by atoms with E-state index in [2.05, 4.69) is 25.9 Å². The molecule has 14 heavy (non-hydrogen) atoms. The summed E-state index contributed by atoms with van der Waals surface area (Å²) in [6.07, 6.45) is 8.92. The normalized spacial score (nSPS) is 22.3. The first-order valence-corrected chi connectivity index (χ1v) is 10.5. The van der Waals surface area contributed by atoms with Gasteiger partial charge in [-0.05, 0) is 38.7 Å². The van der Waals surface area contributed by atoms with Crippen LogP contribution in [0.3, 0.4) is 0 Å². The van der Waals surface area contributed by atoms with Crippen molar-refractivity contribution in [2.75, 3.05) is 12.0 Å². The molecule has 1 nitrogen and oxygen atoms in total. The van der Waals surface area contributed by atoms with Crippen molar-refractivity contribution in [1.29, 1.82) is 0 Å². The molecule has 1 fully saturated rings. The minimum atomic E-state index is -1.37. The smallest absolute Gasteiger partial charge is 0.184 e. The second-order valence-electron chi connectivity index (χ2n) is 5.39. The highest BCUT2D eigenvalue weighted by Crippen LogP contribution is 2.36. The van der Waals surface area contributed by atoms with E-state index in [1.165, 1.54) is 37.9 Å². The van der Waals surface area contributed by atoms with Crippen molar-refractivity contribution >= 4 is 20.1 Å². The van der Waals surface area contributed by atoms with Crippen LogP contribution in [0.4, 0.5) is 0 Å². The lowest BCUT2D eigenvalue weighted by Crippen LogP contribution is -2.46. The number of hydrogen-bond acceptors (Lipinski definition) is 2. The molecular weight excluding hydrogens is 208 g/mol. The Bertz CT molecular complexity index is 165. The van der Waals surface area contributed by atoms with Crippen molar-refractivity contribution in [2.45, 2.75) is 57.3 Å². The molecule has 0 heterocycles. The zero-order valence-electron chi connectivity index (χ0n) is 10.1. The maximum absolute atomic E-state index is 6.42. The molecule has 0 saturated heterocycles. The van der Waals surface area contributed by atoms with Gasteiger partial charge in [0.25, 0.3) is 0 Å². The minimum Gasteiger partial charge on any atom is -0.411 e. The third-order valence-electron chi connectivity index (χ3n) is 2.69. The topological polar surface area (TPSA) is 9.23 Å². The Morgan fingerprint density at radius 3 is 2.14 bits per heavy atom. The van der Waals surface area contributed by atoms with Gasteiger partial charge in [-0.2, -0.15) is 11.8 Å². The maximum atomic E-state index is 6.42. The molecule has 0 aromatic heterocycles. The monoisotopic (exact) mass is 232 g/mol. The van der Waals surface area contributed by atoms with Gasteiger partial charge in [0.15, 0.2) is 8.32 Å². The first kappa shape index (κ1) is 12.6. The first-order chi connectivity index (χ1) is 6.47. The van der Waals surface area contributed by atoms with E-state index in [-0.39, 0.29) is 5.60 Å². The summed E-state index contributed by atoms with van der Waals surface area (Å²) in [4.78, 5) is 0. The van der Waals surface area contributed by atoms with Gasteiger partial charge in [0.1, 0.15) is 0 Å². The van der Waals surface area contributed by atoms with Gasteiger partial charge in [-0.25, -0.2) is 0 Å². The molecule has 0 spiro atoms. The summed E-state index contributed by atoms with van der Waals surface area (Å²) < 4.78 is 6.42. The predicted molar refractivity (Wildman–Crippen MR) is 68.6 cm³/mol. The maximum Gasteiger partial charge on any atom is 0.184 e. The average Bonchev–Trinajstić information content (AvgIpc) is 2.02. The van der Waals surface area contributed by atoms with Gasteiger partial charge in [0.05, 0.1) is 5.60 Å². The van der Waals surface area contributed by atoms with Crippen LogP contribution in [0, 0.1) is 0 Å². The molecule has 0 aromatic carbocycles. The van der Waals surface area contributed by atoms with Crippen molar-refractivity contribution in [2.24, 2.45) is 0 Å². The molecule has 0 aromatic rings. The number of hydrogen-bond donors (Lipinski definition) is 0. The fourth-order valence-electron chi connectivity index (χ4n) is 2.38. The van der Waals surface area contributed by atoms with E-state index in [9.17, 15) is 0 Å². The Balaban J connectivity index is 2.60. The van der Waals surface area contributed by atoms with Gasteiger partial charge < -0.3 is 4.43 Å². The van der Waals surface area contributed by atoms with Gasteiger partial charge in [0.2, 0.25) is 0 Å². The Kier molecular flexibility index (Phi) is 4.53. The van der Waals surface area contributed by atoms with Gasteiger partial charge in [-0.1, -0.05) is 19.3 Å². The molecule has 0 radical (unpaired) electrons. The third kappa shape index (κ3) is 3.95. The van der Waals surface area contributed by atoms with E-state index in [1.54, 1.807) is 0 Å². The zero-order valence-corrected chi connectivity index (χ0v) is 11.9. The SMILES string of the molecule is CSCC1(O[Si](C)(C)C)CCCCC1. The minimum absolute atomic E-state index is 0.238. The van der Waals surface area contributed by atoms with Gasteiger partial charge in [-0.3, -0.25) is 0 Å². The van der Waals surface area contributed by atoms with Crippen LogP contribution in [0.2, 0.25) is 19.6 Å². The highest BCUT2D eigenvalue weighted by Gasteiger charge is 2.36. The fourth-order valence-corrected chi connectivity index (χ4v) is 4.94. The second-order valence-corrected chi connectivity index (χ2v) is 10.7. The number of rotatable bonds is 4. The van der Waals surface area contributed by atoms with Crippen molar-refractivity contribution in [1.82, 2.24) is 0 Å². The molecule has 0 bridgehead atoms. The molecule has 1 aliphatic rings. The van der Waals surface area contributed by atoms with Crippen LogP contribution < -0.4 is 0 Å². The molecule has 0 aliphatic heterocycles. The summed E-state index contributed by atoms with van der Waals surface area (Å²) in [6, 6.07) is 0. The second kappa shape index (κ2) is 5.04. The molecule has 0 amide bonds. The third-order valence-corrected chi connectivity index (χ3v) is 4.56.